The fourth-order valence-electron chi connectivity index (χ4n) is 3.00. The Hall–Kier alpha value is -2.77. The Labute approximate surface area is 208 Å². The van der Waals surface area contributed by atoms with Gasteiger partial charge in [0.15, 0.2) is 0 Å². The fourth-order valence-corrected chi connectivity index (χ4v) is 4.42. The maximum Gasteiger partial charge on any atom is 0.490 e. The number of hydrogen-bond donors (Lipinski definition) is 3. The van der Waals surface area contributed by atoms with E-state index < -0.39 is 28.1 Å². The number of nitrogens with one attached hydrogen (secondary N) is 1. The lowest BCUT2D eigenvalue weighted by molar-refractivity contribution is -0.192. The minimum Gasteiger partial charge on any atom is -0.478 e. The number of pyridine rings is 1. The summed E-state index contributed by atoms with van der Waals surface area (Å²) in [5.74, 6) is -3.00. The molecule has 1 aromatic heterocycles. The molecule has 1 aliphatic rings. The van der Waals surface area contributed by atoms with Gasteiger partial charge in [0, 0.05) is 13.1 Å². The SMILES string of the molecule is CC1CCN(c2ncc(NS(=O)(=O)c3ccc(Cl)c(Cl)c3)cc2C(=O)O)CC1.O=C(O)C(F)(F)F. The number of carboxylic acid groups (broad SMARTS) is 2. The summed E-state index contributed by atoms with van der Waals surface area (Å²) < 4.78 is 59.2. The van der Waals surface area contributed by atoms with Gasteiger partial charge >= 0.3 is 18.1 Å². The summed E-state index contributed by atoms with van der Waals surface area (Å²) >= 11 is 11.7. The predicted octanol–water partition coefficient (Wildman–Crippen LogP) is 4.76. The van der Waals surface area contributed by atoms with Gasteiger partial charge in [0.25, 0.3) is 10.0 Å². The molecular weight excluding hydrogens is 538 g/mol. The summed E-state index contributed by atoms with van der Waals surface area (Å²) in [6, 6.07) is 5.18. The van der Waals surface area contributed by atoms with E-state index in [1.807, 2.05) is 4.90 Å². The Morgan fingerprint density at radius 2 is 1.69 bits per heavy atom. The highest BCUT2D eigenvalue weighted by molar-refractivity contribution is 7.92. The van der Waals surface area contributed by atoms with Gasteiger partial charge in [-0.05, 0) is 43.0 Å². The maximum absolute atomic E-state index is 12.6. The second kappa shape index (κ2) is 11.3. The van der Waals surface area contributed by atoms with Crippen LogP contribution >= 0.6 is 23.2 Å². The number of benzene rings is 1. The van der Waals surface area contributed by atoms with Crippen LogP contribution in [0.2, 0.25) is 10.0 Å². The fraction of sp³-hybridized carbons (Fsp3) is 0.350. The van der Waals surface area contributed by atoms with Gasteiger partial charge in [-0.2, -0.15) is 13.2 Å². The zero-order chi connectivity index (χ0) is 26.6. The molecule has 15 heteroatoms. The molecule has 3 N–H and O–H groups in total. The molecule has 1 aliphatic heterocycles. The zero-order valence-corrected chi connectivity index (χ0v) is 20.3. The third kappa shape index (κ3) is 7.87. The number of rotatable bonds is 5. The molecule has 1 saturated heterocycles. The molecule has 0 saturated carbocycles. The lowest BCUT2D eigenvalue weighted by Crippen LogP contribution is -2.34. The first-order valence-electron chi connectivity index (χ1n) is 9.88. The van der Waals surface area contributed by atoms with Gasteiger partial charge in [-0.25, -0.2) is 23.0 Å². The van der Waals surface area contributed by atoms with Gasteiger partial charge in [0.2, 0.25) is 0 Å². The number of alkyl halides is 3. The van der Waals surface area contributed by atoms with Crippen molar-refractivity contribution in [2.75, 3.05) is 22.7 Å². The quantitative estimate of drug-likeness (QED) is 0.478. The van der Waals surface area contributed by atoms with Crippen molar-refractivity contribution in [3.05, 3.63) is 46.1 Å². The van der Waals surface area contributed by atoms with E-state index in [9.17, 15) is 31.5 Å². The van der Waals surface area contributed by atoms with Crippen molar-refractivity contribution < 1.29 is 41.4 Å². The largest absolute Gasteiger partial charge is 0.490 e. The van der Waals surface area contributed by atoms with Crippen LogP contribution in [0.1, 0.15) is 30.1 Å². The molecule has 0 amide bonds. The summed E-state index contributed by atoms with van der Waals surface area (Å²) in [5, 5.41) is 17.0. The molecule has 1 aromatic carbocycles. The van der Waals surface area contributed by atoms with E-state index in [1.54, 1.807) is 0 Å². The predicted molar refractivity (Wildman–Crippen MR) is 123 cm³/mol. The first-order chi connectivity index (χ1) is 16.1. The molecule has 2 heterocycles. The molecule has 0 spiro atoms. The highest BCUT2D eigenvalue weighted by Gasteiger charge is 2.38. The average molecular weight is 558 g/mol. The number of anilines is 2. The monoisotopic (exact) mass is 557 g/mol. The van der Waals surface area contributed by atoms with Crippen LogP contribution in [0.15, 0.2) is 35.4 Å². The van der Waals surface area contributed by atoms with Crippen molar-refractivity contribution in [1.82, 2.24) is 4.98 Å². The molecule has 35 heavy (non-hydrogen) atoms. The van der Waals surface area contributed by atoms with Crippen LogP contribution in [-0.4, -0.2) is 54.8 Å². The molecule has 0 aliphatic carbocycles. The Bertz CT molecular complexity index is 1200. The Balaban J connectivity index is 0.000000540. The summed E-state index contributed by atoms with van der Waals surface area (Å²) in [4.78, 5) is 26.7. The number of carboxylic acids is 2. The number of carbonyl (C=O) groups is 2. The van der Waals surface area contributed by atoms with Gasteiger partial charge < -0.3 is 15.1 Å². The molecule has 0 unspecified atom stereocenters. The number of aromatic carboxylic acids is 1. The molecule has 0 atom stereocenters. The van der Waals surface area contributed by atoms with Crippen LogP contribution in [0.25, 0.3) is 0 Å². The number of aliphatic carboxylic acids is 1. The van der Waals surface area contributed by atoms with Gasteiger partial charge in [-0.15, -0.1) is 0 Å². The van der Waals surface area contributed by atoms with Gasteiger partial charge in [-0.3, -0.25) is 4.72 Å². The van der Waals surface area contributed by atoms with Crippen molar-refractivity contribution in [2.24, 2.45) is 5.92 Å². The van der Waals surface area contributed by atoms with E-state index in [0.29, 0.717) is 24.8 Å². The third-order valence-corrected chi connectivity index (χ3v) is 6.99. The first kappa shape index (κ1) is 28.5. The highest BCUT2D eigenvalue weighted by atomic mass is 35.5. The third-order valence-electron chi connectivity index (χ3n) is 4.88. The molecular formula is C20H20Cl2F3N3O6S. The minimum atomic E-state index is -5.08. The standard InChI is InChI=1S/C18H19Cl2N3O4S.C2HF3O2/c1-11-4-6-23(7-5-11)17-14(18(24)25)8-12(10-21-17)22-28(26,27)13-2-3-15(19)16(20)9-13;3-2(4,5)1(6)7/h2-3,8-11,22H,4-7H2,1H3,(H,24,25);(H,6,7). The van der Waals surface area contributed by atoms with Crippen LogP contribution in [0, 0.1) is 5.92 Å². The summed E-state index contributed by atoms with van der Waals surface area (Å²) in [6.45, 7) is 3.58. The van der Waals surface area contributed by atoms with E-state index in [0.717, 1.165) is 12.8 Å². The van der Waals surface area contributed by atoms with E-state index >= 15 is 0 Å². The number of hydrogen-bond acceptors (Lipinski definition) is 6. The molecule has 9 nitrogen and oxygen atoms in total. The van der Waals surface area contributed by atoms with Crippen molar-refractivity contribution >= 4 is 56.7 Å². The van der Waals surface area contributed by atoms with E-state index in [1.165, 1.54) is 30.5 Å². The van der Waals surface area contributed by atoms with E-state index in [-0.39, 0.29) is 26.2 Å². The summed E-state index contributed by atoms with van der Waals surface area (Å²) in [7, 11) is -3.98. The topological polar surface area (TPSA) is 137 Å². The minimum absolute atomic E-state index is 0.0520. The van der Waals surface area contributed by atoms with Crippen LogP contribution in [0.4, 0.5) is 24.7 Å². The normalized spacial score (nSPS) is 14.6. The maximum atomic E-state index is 12.6. The number of aromatic nitrogens is 1. The molecule has 2 aromatic rings. The lowest BCUT2D eigenvalue weighted by Gasteiger charge is -2.32. The van der Waals surface area contributed by atoms with E-state index in [4.69, 9.17) is 33.1 Å². The van der Waals surface area contributed by atoms with Gasteiger partial charge in [0.1, 0.15) is 11.4 Å². The first-order valence-corrected chi connectivity index (χ1v) is 12.1. The van der Waals surface area contributed by atoms with Crippen LogP contribution in [0.5, 0.6) is 0 Å². The number of piperidine rings is 1. The molecule has 0 radical (unpaired) electrons. The van der Waals surface area contributed by atoms with Crippen LogP contribution in [0.3, 0.4) is 0 Å². The van der Waals surface area contributed by atoms with E-state index in [2.05, 4.69) is 16.6 Å². The second-order valence-electron chi connectivity index (χ2n) is 7.55. The smallest absolute Gasteiger partial charge is 0.478 e. The van der Waals surface area contributed by atoms with Crippen molar-refractivity contribution in [3.8, 4) is 0 Å². The number of sulfonamides is 1. The molecule has 192 valence electrons. The Morgan fingerprint density at radius 1 is 1.11 bits per heavy atom. The number of halogens is 5. The molecule has 1 fully saturated rings. The van der Waals surface area contributed by atoms with Crippen molar-refractivity contribution in [2.45, 2.75) is 30.8 Å². The second-order valence-corrected chi connectivity index (χ2v) is 10.1. The zero-order valence-electron chi connectivity index (χ0n) is 18.0. The molecule has 0 bridgehead atoms. The summed E-state index contributed by atoms with van der Waals surface area (Å²) in [5.41, 5.74) is 0.00138. The summed E-state index contributed by atoms with van der Waals surface area (Å²) in [6.07, 6.45) is -1.87. The Kier molecular flexibility index (Phi) is 9.20. The number of nitrogens with zero attached hydrogens (tertiary/aromatic N) is 2. The van der Waals surface area contributed by atoms with Crippen molar-refractivity contribution in [3.63, 3.8) is 0 Å². The van der Waals surface area contributed by atoms with Crippen LogP contribution in [-0.2, 0) is 14.8 Å². The molecule has 3 rings (SSSR count). The average Bonchev–Trinajstić information content (AvgIpc) is 2.75. The van der Waals surface area contributed by atoms with Crippen molar-refractivity contribution in [1.29, 1.82) is 0 Å². The highest BCUT2D eigenvalue weighted by Crippen LogP contribution is 2.29. The Morgan fingerprint density at radius 3 is 2.17 bits per heavy atom. The lowest BCUT2D eigenvalue weighted by atomic mass is 9.99. The van der Waals surface area contributed by atoms with Crippen LogP contribution < -0.4 is 9.62 Å². The van der Waals surface area contributed by atoms with Gasteiger partial charge in [-0.1, -0.05) is 30.1 Å². The van der Waals surface area contributed by atoms with Gasteiger partial charge in [0.05, 0.1) is 26.8 Å².